The molecule has 0 aliphatic heterocycles. The number of fused-ring (bicyclic) bond motifs is 2. The van der Waals surface area contributed by atoms with E-state index in [-0.39, 0.29) is 66.4 Å². The SMILES string of the molecule is CN=Cc1c2c(=O)c(-c3c(C)c(O)c4c(C(C)C)c(O)c(O)c(C=NC)c4c3O)c(C)c(=O)c-2c(C(C)C)c(=O)c1=O. The quantitative estimate of drug-likeness (QED) is 0.121. The number of aromatic hydroxyl groups is 4. The molecule has 218 valence electrons. The fourth-order valence-electron chi connectivity index (χ4n) is 5.90. The van der Waals surface area contributed by atoms with Gasteiger partial charge in [0, 0.05) is 87.4 Å². The average Bonchev–Trinajstić information content (AvgIpc) is 2.92. The number of nitrogens with zero attached hydrogens (tertiary/aromatic N) is 2. The lowest BCUT2D eigenvalue weighted by Crippen LogP contribution is -2.38. The molecule has 0 bridgehead atoms. The Morgan fingerprint density at radius 3 is 1.60 bits per heavy atom. The largest absolute Gasteiger partial charge is 0.507 e. The Bertz CT molecular complexity index is 2050. The fourth-order valence-corrected chi connectivity index (χ4v) is 5.90. The number of phenolic OH excluding ortho intramolecular Hbond substituents is 4. The molecule has 4 N–H and O–H groups in total. The zero-order chi connectivity index (χ0) is 31.5. The van der Waals surface area contributed by atoms with Crippen molar-refractivity contribution >= 4 is 23.2 Å². The molecular weight excluding hydrogens is 540 g/mol. The number of rotatable bonds is 5. The highest BCUT2D eigenvalue weighted by atomic mass is 16.3. The first-order chi connectivity index (χ1) is 19.6. The molecule has 2 aromatic carbocycles. The molecule has 0 aromatic heterocycles. The van der Waals surface area contributed by atoms with E-state index < -0.39 is 56.5 Å². The van der Waals surface area contributed by atoms with Crippen molar-refractivity contribution in [3.05, 3.63) is 74.3 Å². The van der Waals surface area contributed by atoms with Gasteiger partial charge in [0.15, 0.2) is 22.4 Å². The van der Waals surface area contributed by atoms with Gasteiger partial charge in [0.2, 0.25) is 10.9 Å². The third-order valence-electron chi connectivity index (χ3n) is 7.77. The summed E-state index contributed by atoms with van der Waals surface area (Å²) in [6.45, 7) is 9.53. The summed E-state index contributed by atoms with van der Waals surface area (Å²) < 4.78 is 0. The lowest BCUT2D eigenvalue weighted by molar-refractivity contribution is 0.397. The van der Waals surface area contributed by atoms with Gasteiger partial charge in [0.1, 0.15) is 11.5 Å². The Morgan fingerprint density at radius 2 is 1.07 bits per heavy atom. The summed E-state index contributed by atoms with van der Waals surface area (Å²) in [5, 5.41) is 45.0. The number of hydrogen-bond donors (Lipinski definition) is 4. The van der Waals surface area contributed by atoms with Crippen molar-refractivity contribution in [2.24, 2.45) is 9.98 Å². The van der Waals surface area contributed by atoms with E-state index in [1.807, 2.05) is 0 Å². The van der Waals surface area contributed by atoms with Crippen molar-refractivity contribution in [2.45, 2.75) is 53.4 Å². The summed E-state index contributed by atoms with van der Waals surface area (Å²) >= 11 is 0. The Labute approximate surface area is 240 Å². The second-order valence-electron chi connectivity index (χ2n) is 10.9. The maximum absolute atomic E-state index is 14.3. The molecule has 0 saturated carbocycles. The monoisotopic (exact) mass is 572 g/mol. The first-order valence-corrected chi connectivity index (χ1v) is 13.3. The standard InChI is InChI=1S/C32H32N2O8/c1-11(2)17-23-21(15(9-33-7)27(37)31(17)41)29(39)19(13(5)25(23)35)20-14(6)26(36)24-18(12(3)4)32(42)28(38)16(10-34-8)22(24)30(20)40/h9-12,35,37,39,41H,1-8H3. The molecule has 0 spiro atoms. The first-order valence-electron chi connectivity index (χ1n) is 13.3. The van der Waals surface area contributed by atoms with Crippen LogP contribution in [0.25, 0.3) is 33.0 Å². The molecule has 0 saturated heterocycles. The fraction of sp³-hybridized carbons (Fsp3) is 0.312. The van der Waals surface area contributed by atoms with Crippen LogP contribution in [0, 0.1) is 13.8 Å². The molecule has 2 aromatic rings. The van der Waals surface area contributed by atoms with E-state index in [2.05, 4.69) is 9.98 Å². The summed E-state index contributed by atoms with van der Waals surface area (Å²) in [5.74, 6) is -3.02. The maximum Gasteiger partial charge on any atom is 0.235 e. The Hall–Kier alpha value is -4.86. The second kappa shape index (κ2) is 10.5. The van der Waals surface area contributed by atoms with E-state index in [1.165, 1.54) is 34.2 Å². The lowest BCUT2D eigenvalue weighted by Gasteiger charge is -2.23. The van der Waals surface area contributed by atoms with Crippen LogP contribution in [-0.4, -0.2) is 47.0 Å². The Balaban J connectivity index is 2.42. The Morgan fingerprint density at radius 1 is 0.524 bits per heavy atom. The van der Waals surface area contributed by atoms with E-state index in [1.54, 1.807) is 27.7 Å². The molecule has 10 heteroatoms. The normalized spacial score (nSPS) is 12.3. The summed E-state index contributed by atoms with van der Waals surface area (Å²) in [6, 6.07) is 0. The van der Waals surface area contributed by atoms with Crippen LogP contribution in [0.2, 0.25) is 0 Å². The minimum absolute atomic E-state index is 0.0166. The highest BCUT2D eigenvalue weighted by Crippen LogP contribution is 2.53. The van der Waals surface area contributed by atoms with Crippen LogP contribution in [0.1, 0.15) is 72.9 Å². The van der Waals surface area contributed by atoms with Gasteiger partial charge in [0.25, 0.3) is 0 Å². The third-order valence-corrected chi connectivity index (χ3v) is 7.77. The van der Waals surface area contributed by atoms with E-state index in [9.17, 15) is 39.6 Å². The van der Waals surface area contributed by atoms with E-state index in [0.717, 1.165) is 6.21 Å². The van der Waals surface area contributed by atoms with Crippen molar-refractivity contribution in [2.75, 3.05) is 14.1 Å². The molecule has 0 heterocycles. The van der Waals surface area contributed by atoms with Gasteiger partial charge in [-0.2, -0.15) is 0 Å². The van der Waals surface area contributed by atoms with Gasteiger partial charge in [-0.25, -0.2) is 0 Å². The van der Waals surface area contributed by atoms with Gasteiger partial charge >= 0.3 is 0 Å². The summed E-state index contributed by atoms with van der Waals surface area (Å²) in [6.07, 6.45) is 2.25. The molecule has 2 aliphatic carbocycles. The van der Waals surface area contributed by atoms with Crippen molar-refractivity contribution < 1.29 is 20.4 Å². The topological polar surface area (TPSA) is 174 Å². The molecule has 0 fully saturated rings. The minimum atomic E-state index is -0.978. The van der Waals surface area contributed by atoms with Crippen LogP contribution in [-0.2, 0) is 0 Å². The second-order valence-corrected chi connectivity index (χ2v) is 10.9. The van der Waals surface area contributed by atoms with Gasteiger partial charge in [-0.1, -0.05) is 27.7 Å². The molecule has 0 amide bonds. The minimum Gasteiger partial charge on any atom is -0.507 e. The van der Waals surface area contributed by atoms with Gasteiger partial charge in [-0.3, -0.25) is 29.2 Å². The van der Waals surface area contributed by atoms with Gasteiger partial charge in [-0.05, 0) is 25.7 Å². The highest BCUT2D eigenvalue weighted by molar-refractivity contribution is 6.14. The Kier molecular flexibility index (Phi) is 7.54. The molecule has 42 heavy (non-hydrogen) atoms. The molecule has 10 nitrogen and oxygen atoms in total. The van der Waals surface area contributed by atoms with Crippen molar-refractivity contribution in [1.29, 1.82) is 0 Å². The summed E-state index contributed by atoms with van der Waals surface area (Å²) in [7, 11) is 2.76. The predicted octanol–water partition coefficient (Wildman–Crippen LogP) is 3.71. The molecular formula is C32H32N2O8. The first kappa shape index (κ1) is 30.1. The van der Waals surface area contributed by atoms with Gasteiger partial charge < -0.3 is 20.4 Å². The summed E-state index contributed by atoms with van der Waals surface area (Å²) in [5.41, 5.74) is -4.79. The average molecular weight is 573 g/mol. The van der Waals surface area contributed by atoms with E-state index in [4.69, 9.17) is 0 Å². The number of phenols is 4. The molecule has 0 atom stereocenters. The maximum atomic E-state index is 14.3. The van der Waals surface area contributed by atoms with Crippen molar-refractivity contribution in [3.8, 4) is 45.3 Å². The molecule has 0 radical (unpaired) electrons. The van der Waals surface area contributed by atoms with Crippen molar-refractivity contribution in [1.82, 2.24) is 0 Å². The van der Waals surface area contributed by atoms with Gasteiger partial charge in [0.05, 0.1) is 5.56 Å². The molecule has 2 aliphatic rings. The van der Waals surface area contributed by atoms with E-state index in [0.29, 0.717) is 0 Å². The van der Waals surface area contributed by atoms with E-state index >= 15 is 0 Å². The predicted molar refractivity (Wildman–Crippen MR) is 165 cm³/mol. The highest BCUT2D eigenvalue weighted by Gasteiger charge is 2.34. The lowest BCUT2D eigenvalue weighted by atomic mass is 9.80. The van der Waals surface area contributed by atoms with Crippen LogP contribution >= 0.6 is 0 Å². The van der Waals surface area contributed by atoms with Crippen LogP contribution < -0.4 is 21.7 Å². The van der Waals surface area contributed by atoms with Crippen LogP contribution in [0.4, 0.5) is 0 Å². The number of aliphatic imine (C=N–C) groups is 2. The van der Waals surface area contributed by atoms with Gasteiger partial charge in [-0.15, -0.1) is 0 Å². The van der Waals surface area contributed by atoms with Crippen LogP contribution in [0.5, 0.6) is 23.0 Å². The molecule has 0 unspecified atom stereocenters. The number of benzene rings is 4. The zero-order valence-electron chi connectivity index (χ0n) is 24.6. The smallest absolute Gasteiger partial charge is 0.235 e. The zero-order valence-corrected chi connectivity index (χ0v) is 24.6. The van der Waals surface area contributed by atoms with Crippen LogP contribution in [0.3, 0.4) is 0 Å². The third kappa shape index (κ3) is 4.00. The number of hydrogen-bond acceptors (Lipinski definition) is 10. The molecule has 4 rings (SSSR count). The van der Waals surface area contributed by atoms with Crippen LogP contribution in [0.15, 0.2) is 29.2 Å². The van der Waals surface area contributed by atoms with Crippen molar-refractivity contribution in [3.63, 3.8) is 0 Å². The summed E-state index contributed by atoms with van der Waals surface area (Å²) in [4.78, 5) is 62.2.